The molecule has 2 atom stereocenters. The van der Waals surface area contributed by atoms with Crippen molar-refractivity contribution in [2.24, 2.45) is 11.7 Å². The van der Waals surface area contributed by atoms with Crippen LogP contribution in [-0.2, 0) is 4.79 Å². The fraction of sp³-hybridized carbons (Fsp3) is 0.588. The van der Waals surface area contributed by atoms with Crippen molar-refractivity contribution in [1.82, 2.24) is 4.90 Å². The van der Waals surface area contributed by atoms with E-state index in [4.69, 9.17) is 10.5 Å². The van der Waals surface area contributed by atoms with Crippen LogP contribution in [-0.4, -0.2) is 37.0 Å². The molecule has 1 heterocycles. The quantitative estimate of drug-likeness (QED) is 0.906. The molecule has 2 N–H and O–H groups in total. The van der Waals surface area contributed by atoms with Crippen LogP contribution in [0.25, 0.3) is 0 Å². The molecule has 4 nitrogen and oxygen atoms in total. The van der Waals surface area contributed by atoms with Gasteiger partial charge in [0.05, 0.1) is 13.2 Å². The lowest BCUT2D eigenvalue weighted by Crippen LogP contribution is -2.43. The van der Waals surface area contributed by atoms with E-state index in [0.717, 1.165) is 31.7 Å². The highest BCUT2D eigenvalue weighted by atomic mass is 16.5. The minimum absolute atomic E-state index is 0.0970. The van der Waals surface area contributed by atoms with Crippen molar-refractivity contribution in [3.8, 4) is 5.75 Å². The van der Waals surface area contributed by atoms with Crippen LogP contribution in [0.3, 0.4) is 0 Å². The fourth-order valence-corrected chi connectivity index (χ4v) is 2.95. The summed E-state index contributed by atoms with van der Waals surface area (Å²) in [5.74, 6) is 1.82. The molecule has 2 rings (SSSR count). The average molecular weight is 290 g/mol. The number of nitrogens with two attached hydrogens (primary N) is 1. The van der Waals surface area contributed by atoms with E-state index >= 15 is 0 Å². The Bertz CT molecular complexity index is 470. The molecule has 0 aromatic heterocycles. The Morgan fingerprint density at radius 3 is 2.62 bits per heavy atom. The summed E-state index contributed by atoms with van der Waals surface area (Å²) in [6.07, 6.45) is 1.76. The molecule has 0 aliphatic carbocycles. The molecule has 1 aromatic carbocycles. The van der Waals surface area contributed by atoms with Crippen LogP contribution < -0.4 is 10.5 Å². The van der Waals surface area contributed by atoms with Gasteiger partial charge in [0.15, 0.2) is 0 Å². The Kier molecular flexibility index (Phi) is 5.23. The predicted octanol–water partition coefficient (Wildman–Crippen LogP) is 2.38. The summed E-state index contributed by atoms with van der Waals surface area (Å²) in [6.45, 7) is 5.77. The Labute approximate surface area is 127 Å². The van der Waals surface area contributed by atoms with Gasteiger partial charge in [0.25, 0.3) is 0 Å². The van der Waals surface area contributed by atoms with Crippen LogP contribution in [0.15, 0.2) is 24.3 Å². The SMILES string of the molecule is COc1ccc([C@@H]2CCN(C(=O)[C@@H](N)CC(C)C)C2)cc1. The second kappa shape index (κ2) is 6.94. The van der Waals surface area contributed by atoms with Gasteiger partial charge in [0.2, 0.25) is 5.91 Å². The van der Waals surface area contributed by atoms with E-state index in [0.29, 0.717) is 11.8 Å². The standard InChI is InChI=1S/C17H26N2O2/c1-12(2)10-16(18)17(20)19-9-8-14(11-19)13-4-6-15(21-3)7-5-13/h4-7,12,14,16H,8-11,18H2,1-3H3/t14-,16+/m1/s1. The molecular weight excluding hydrogens is 264 g/mol. The van der Waals surface area contributed by atoms with E-state index in [1.807, 2.05) is 17.0 Å². The third kappa shape index (κ3) is 3.97. The molecule has 4 heteroatoms. The largest absolute Gasteiger partial charge is 0.497 e. The number of carbonyl (C=O) groups is 1. The molecule has 1 saturated heterocycles. The number of carbonyl (C=O) groups excluding carboxylic acids is 1. The monoisotopic (exact) mass is 290 g/mol. The molecule has 0 bridgehead atoms. The van der Waals surface area contributed by atoms with Crippen LogP contribution in [0.1, 0.15) is 38.2 Å². The maximum absolute atomic E-state index is 12.3. The third-order valence-electron chi connectivity index (χ3n) is 4.13. The maximum atomic E-state index is 12.3. The first-order chi connectivity index (χ1) is 10.0. The minimum atomic E-state index is -0.361. The number of hydrogen-bond donors (Lipinski definition) is 1. The summed E-state index contributed by atoms with van der Waals surface area (Å²) in [5.41, 5.74) is 7.28. The number of rotatable bonds is 5. The molecule has 1 aliphatic heterocycles. The second-order valence-electron chi connectivity index (χ2n) is 6.28. The van der Waals surface area contributed by atoms with Crippen molar-refractivity contribution < 1.29 is 9.53 Å². The summed E-state index contributed by atoms with van der Waals surface area (Å²) < 4.78 is 5.18. The van der Waals surface area contributed by atoms with Crippen LogP contribution in [0.5, 0.6) is 5.75 Å². The van der Waals surface area contributed by atoms with Crippen LogP contribution in [0.4, 0.5) is 0 Å². The van der Waals surface area contributed by atoms with E-state index in [1.54, 1.807) is 7.11 Å². The van der Waals surface area contributed by atoms with E-state index in [2.05, 4.69) is 26.0 Å². The Morgan fingerprint density at radius 1 is 1.38 bits per heavy atom. The first-order valence-electron chi connectivity index (χ1n) is 7.69. The van der Waals surface area contributed by atoms with Crippen LogP contribution in [0, 0.1) is 5.92 Å². The van der Waals surface area contributed by atoms with Gasteiger partial charge in [-0.2, -0.15) is 0 Å². The van der Waals surface area contributed by atoms with Crippen LogP contribution in [0.2, 0.25) is 0 Å². The van der Waals surface area contributed by atoms with Gasteiger partial charge in [0, 0.05) is 19.0 Å². The molecule has 1 aromatic rings. The van der Waals surface area contributed by atoms with E-state index in [1.165, 1.54) is 5.56 Å². The second-order valence-corrected chi connectivity index (χ2v) is 6.28. The topological polar surface area (TPSA) is 55.6 Å². The van der Waals surface area contributed by atoms with Gasteiger partial charge in [-0.25, -0.2) is 0 Å². The lowest BCUT2D eigenvalue weighted by Gasteiger charge is -2.22. The van der Waals surface area contributed by atoms with E-state index in [-0.39, 0.29) is 11.9 Å². The molecule has 0 saturated carbocycles. The van der Waals surface area contributed by atoms with Gasteiger partial charge in [-0.1, -0.05) is 26.0 Å². The maximum Gasteiger partial charge on any atom is 0.239 e. The number of amides is 1. The number of ether oxygens (including phenoxy) is 1. The molecule has 1 amide bonds. The van der Waals surface area contributed by atoms with E-state index in [9.17, 15) is 4.79 Å². The first-order valence-corrected chi connectivity index (χ1v) is 7.69. The molecule has 116 valence electrons. The van der Waals surface area contributed by atoms with Crippen molar-refractivity contribution in [2.75, 3.05) is 20.2 Å². The third-order valence-corrected chi connectivity index (χ3v) is 4.13. The van der Waals surface area contributed by atoms with Crippen molar-refractivity contribution in [2.45, 2.75) is 38.6 Å². The van der Waals surface area contributed by atoms with Crippen molar-refractivity contribution in [3.05, 3.63) is 29.8 Å². The molecule has 0 spiro atoms. The number of nitrogens with zero attached hydrogens (tertiary/aromatic N) is 1. The minimum Gasteiger partial charge on any atom is -0.497 e. The van der Waals surface area contributed by atoms with Gasteiger partial charge in [-0.05, 0) is 36.5 Å². The summed E-state index contributed by atoms with van der Waals surface area (Å²) in [7, 11) is 1.67. The molecule has 1 fully saturated rings. The lowest BCUT2D eigenvalue weighted by molar-refractivity contribution is -0.131. The summed E-state index contributed by atoms with van der Waals surface area (Å²) >= 11 is 0. The van der Waals surface area contributed by atoms with Crippen molar-refractivity contribution in [3.63, 3.8) is 0 Å². The molecular formula is C17H26N2O2. The summed E-state index contributed by atoms with van der Waals surface area (Å²) in [5, 5.41) is 0. The highest BCUT2D eigenvalue weighted by Crippen LogP contribution is 2.29. The Morgan fingerprint density at radius 2 is 2.05 bits per heavy atom. The average Bonchev–Trinajstić information content (AvgIpc) is 2.95. The van der Waals surface area contributed by atoms with Crippen LogP contribution >= 0.6 is 0 Å². The molecule has 0 radical (unpaired) electrons. The smallest absolute Gasteiger partial charge is 0.239 e. The van der Waals surface area contributed by atoms with Gasteiger partial charge >= 0.3 is 0 Å². The Hall–Kier alpha value is -1.55. The first kappa shape index (κ1) is 15.8. The highest BCUT2D eigenvalue weighted by molar-refractivity contribution is 5.82. The van der Waals surface area contributed by atoms with Gasteiger partial charge in [0.1, 0.15) is 5.75 Å². The zero-order valence-electron chi connectivity index (χ0n) is 13.2. The van der Waals surface area contributed by atoms with Crippen molar-refractivity contribution >= 4 is 5.91 Å². The number of benzene rings is 1. The van der Waals surface area contributed by atoms with E-state index < -0.39 is 0 Å². The number of methoxy groups -OCH3 is 1. The molecule has 1 aliphatic rings. The van der Waals surface area contributed by atoms with Gasteiger partial charge < -0.3 is 15.4 Å². The molecule has 21 heavy (non-hydrogen) atoms. The van der Waals surface area contributed by atoms with Crippen molar-refractivity contribution in [1.29, 1.82) is 0 Å². The molecule has 0 unspecified atom stereocenters. The fourth-order valence-electron chi connectivity index (χ4n) is 2.95. The number of likely N-dealkylation sites (tertiary alicyclic amines) is 1. The zero-order valence-corrected chi connectivity index (χ0v) is 13.2. The highest BCUT2D eigenvalue weighted by Gasteiger charge is 2.30. The Balaban J connectivity index is 1.94. The summed E-state index contributed by atoms with van der Waals surface area (Å²) in [6, 6.07) is 7.77. The van der Waals surface area contributed by atoms with Gasteiger partial charge in [-0.15, -0.1) is 0 Å². The normalized spacial score (nSPS) is 19.9. The predicted molar refractivity (Wildman–Crippen MR) is 84.4 cm³/mol. The zero-order chi connectivity index (χ0) is 15.4. The summed E-state index contributed by atoms with van der Waals surface area (Å²) in [4.78, 5) is 14.3. The lowest BCUT2D eigenvalue weighted by atomic mass is 9.98. The van der Waals surface area contributed by atoms with Gasteiger partial charge in [-0.3, -0.25) is 4.79 Å². The number of hydrogen-bond acceptors (Lipinski definition) is 3.